The van der Waals surface area contributed by atoms with E-state index in [9.17, 15) is 9.00 Å². The predicted octanol–water partition coefficient (Wildman–Crippen LogP) is -0.378. The van der Waals surface area contributed by atoms with Crippen LogP contribution in [0.4, 0.5) is 0 Å². The van der Waals surface area contributed by atoms with Crippen LogP contribution >= 0.6 is 0 Å². The summed E-state index contributed by atoms with van der Waals surface area (Å²) >= 11 is 0. The van der Waals surface area contributed by atoms with E-state index in [2.05, 4.69) is 10.6 Å². The van der Waals surface area contributed by atoms with Crippen LogP contribution in [0.15, 0.2) is 0 Å². The summed E-state index contributed by atoms with van der Waals surface area (Å²) in [6, 6.07) is -0.0431. The molecule has 1 heterocycles. The van der Waals surface area contributed by atoms with Crippen LogP contribution in [0.25, 0.3) is 0 Å². The first-order valence-electron chi connectivity index (χ1n) is 4.93. The van der Waals surface area contributed by atoms with Crippen LogP contribution in [-0.4, -0.2) is 40.8 Å². The molecule has 14 heavy (non-hydrogen) atoms. The van der Waals surface area contributed by atoms with Crippen molar-refractivity contribution in [2.75, 3.05) is 18.6 Å². The van der Waals surface area contributed by atoms with Gasteiger partial charge < -0.3 is 10.6 Å². The van der Waals surface area contributed by atoms with Crippen LogP contribution in [0, 0.1) is 0 Å². The zero-order valence-electron chi connectivity index (χ0n) is 8.71. The van der Waals surface area contributed by atoms with Crippen molar-refractivity contribution in [1.29, 1.82) is 0 Å². The average Bonchev–Trinajstić information content (AvgIpc) is 2.53. The maximum Gasteiger partial charge on any atom is 0.237 e. The van der Waals surface area contributed by atoms with Gasteiger partial charge >= 0.3 is 0 Å². The highest BCUT2D eigenvalue weighted by Crippen LogP contribution is 2.04. The second-order valence-electron chi connectivity index (χ2n) is 3.80. The molecule has 0 aliphatic carbocycles. The molecule has 0 aromatic rings. The number of hydrogen-bond acceptors (Lipinski definition) is 3. The number of carbonyl (C=O) groups excluding carboxylic acids is 1. The number of nitrogens with one attached hydrogen (secondary N) is 2. The van der Waals surface area contributed by atoms with Crippen molar-refractivity contribution in [3.05, 3.63) is 0 Å². The van der Waals surface area contributed by atoms with Gasteiger partial charge in [-0.25, -0.2) is 0 Å². The lowest BCUT2D eigenvalue weighted by Crippen LogP contribution is -2.45. The molecule has 0 aromatic heterocycles. The molecule has 0 bridgehead atoms. The molecule has 0 radical (unpaired) electrons. The Morgan fingerprint density at radius 2 is 2.43 bits per heavy atom. The molecule has 82 valence electrons. The Balaban J connectivity index is 2.28. The third kappa shape index (κ3) is 3.75. The first-order valence-corrected chi connectivity index (χ1v) is 6.66. The van der Waals surface area contributed by atoms with E-state index in [-0.39, 0.29) is 18.0 Å². The third-order valence-corrected chi connectivity index (χ3v) is 3.22. The SMILES string of the molecule is CC(CS(C)=O)NC(=O)[C@@H]1CCCN1. The van der Waals surface area contributed by atoms with Gasteiger partial charge in [-0.2, -0.15) is 0 Å². The minimum absolute atomic E-state index is 0.00395. The minimum Gasteiger partial charge on any atom is -0.351 e. The highest BCUT2D eigenvalue weighted by molar-refractivity contribution is 7.84. The second kappa shape index (κ2) is 5.46. The van der Waals surface area contributed by atoms with Crippen LogP contribution in [0.5, 0.6) is 0 Å². The maximum absolute atomic E-state index is 11.6. The largest absolute Gasteiger partial charge is 0.351 e. The van der Waals surface area contributed by atoms with E-state index in [0.717, 1.165) is 19.4 Å². The van der Waals surface area contributed by atoms with Crippen LogP contribution in [0.2, 0.25) is 0 Å². The maximum atomic E-state index is 11.6. The minimum atomic E-state index is -0.849. The van der Waals surface area contributed by atoms with Crippen molar-refractivity contribution >= 4 is 16.7 Å². The Hall–Kier alpha value is -0.420. The van der Waals surface area contributed by atoms with Crippen LogP contribution in [0.1, 0.15) is 19.8 Å². The van der Waals surface area contributed by atoms with Gasteiger partial charge in [0.2, 0.25) is 5.91 Å². The van der Waals surface area contributed by atoms with E-state index in [1.807, 2.05) is 6.92 Å². The lowest BCUT2D eigenvalue weighted by molar-refractivity contribution is -0.123. The van der Waals surface area contributed by atoms with Gasteiger partial charge in [0.05, 0.1) is 6.04 Å². The zero-order chi connectivity index (χ0) is 10.6. The summed E-state index contributed by atoms with van der Waals surface area (Å²) < 4.78 is 10.9. The van der Waals surface area contributed by atoms with Crippen molar-refractivity contribution in [2.45, 2.75) is 31.8 Å². The Bertz CT molecular complexity index is 227. The molecule has 1 aliphatic heterocycles. The van der Waals surface area contributed by atoms with Gasteiger partial charge in [-0.15, -0.1) is 0 Å². The van der Waals surface area contributed by atoms with Gasteiger partial charge in [0, 0.05) is 28.9 Å². The molecule has 1 rings (SSSR count). The molecule has 1 saturated heterocycles. The Morgan fingerprint density at radius 1 is 1.71 bits per heavy atom. The molecule has 2 N–H and O–H groups in total. The summed E-state index contributed by atoms with van der Waals surface area (Å²) in [5.41, 5.74) is 0. The fourth-order valence-electron chi connectivity index (χ4n) is 1.65. The van der Waals surface area contributed by atoms with E-state index in [0.29, 0.717) is 5.75 Å². The smallest absolute Gasteiger partial charge is 0.237 e. The number of carbonyl (C=O) groups is 1. The van der Waals surface area contributed by atoms with E-state index < -0.39 is 10.8 Å². The molecule has 2 unspecified atom stereocenters. The second-order valence-corrected chi connectivity index (χ2v) is 5.28. The predicted molar refractivity (Wildman–Crippen MR) is 57.6 cm³/mol. The fourth-order valence-corrected chi connectivity index (χ4v) is 2.43. The molecule has 3 atom stereocenters. The molecule has 1 amide bonds. The molecule has 0 spiro atoms. The quantitative estimate of drug-likeness (QED) is 0.676. The Labute approximate surface area is 87.3 Å². The van der Waals surface area contributed by atoms with Crippen molar-refractivity contribution in [3.8, 4) is 0 Å². The molecule has 1 fully saturated rings. The summed E-state index contributed by atoms with van der Waals surface area (Å²) in [4.78, 5) is 11.6. The fraction of sp³-hybridized carbons (Fsp3) is 0.889. The van der Waals surface area contributed by atoms with E-state index in [4.69, 9.17) is 0 Å². The van der Waals surface area contributed by atoms with Crippen molar-refractivity contribution in [2.24, 2.45) is 0 Å². The standard InChI is InChI=1S/C9H18N2O2S/c1-7(6-14(2)13)11-9(12)8-4-3-5-10-8/h7-8,10H,3-6H2,1-2H3,(H,11,12)/t7?,8-,14?/m0/s1. The van der Waals surface area contributed by atoms with E-state index in [1.165, 1.54) is 0 Å². The average molecular weight is 218 g/mol. The normalized spacial score (nSPS) is 25.7. The summed E-state index contributed by atoms with van der Waals surface area (Å²) in [6.45, 7) is 2.81. The van der Waals surface area contributed by atoms with Gasteiger partial charge in [-0.1, -0.05) is 0 Å². The first kappa shape index (κ1) is 11.7. The topological polar surface area (TPSA) is 58.2 Å². The van der Waals surface area contributed by atoms with Gasteiger partial charge in [-0.3, -0.25) is 9.00 Å². The molecule has 0 saturated carbocycles. The molecule has 5 heteroatoms. The number of rotatable bonds is 4. The summed E-state index contributed by atoms with van der Waals surface area (Å²) in [7, 11) is -0.849. The third-order valence-electron chi connectivity index (χ3n) is 2.25. The molecule has 0 aromatic carbocycles. The lowest BCUT2D eigenvalue weighted by atomic mass is 10.2. The monoisotopic (exact) mass is 218 g/mol. The molecular weight excluding hydrogens is 200 g/mol. The van der Waals surface area contributed by atoms with Gasteiger partial charge in [0.25, 0.3) is 0 Å². The number of amides is 1. The Kier molecular flexibility index (Phi) is 4.54. The van der Waals surface area contributed by atoms with Crippen LogP contribution in [0.3, 0.4) is 0 Å². The first-order chi connectivity index (χ1) is 6.59. The van der Waals surface area contributed by atoms with Crippen molar-refractivity contribution in [1.82, 2.24) is 10.6 Å². The highest BCUT2D eigenvalue weighted by atomic mass is 32.2. The van der Waals surface area contributed by atoms with Crippen LogP contribution in [-0.2, 0) is 15.6 Å². The van der Waals surface area contributed by atoms with E-state index >= 15 is 0 Å². The summed E-state index contributed by atoms with van der Waals surface area (Å²) in [6.07, 6.45) is 3.62. The van der Waals surface area contributed by atoms with Crippen molar-refractivity contribution in [3.63, 3.8) is 0 Å². The van der Waals surface area contributed by atoms with Gasteiger partial charge in [0.1, 0.15) is 0 Å². The van der Waals surface area contributed by atoms with E-state index in [1.54, 1.807) is 6.26 Å². The highest BCUT2D eigenvalue weighted by Gasteiger charge is 2.22. The van der Waals surface area contributed by atoms with Gasteiger partial charge in [0.15, 0.2) is 0 Å². The lowest BCUT2D eigenvalue weighted by Gasteiger charge is -2.16. The number of hydrogen-bond donors (Lipinski definition) is 2. The molecule has 4 nitrogen and oxygen atoms in total. The summed E-state index contributed by atoms with van der Waals surface area (Å²) in [5.74, 6) is 0.568. The van der Waals surface area contributed by atoms with Crippen LogP contribution < -0.4 is 10.6 Å². The summed E-state index contributed by atoms with van der Waals surface area (Å²) in [5, 5.41) is 5.99. The Morgan fingerprint density at radius 3 is 2.93 bits per heavy atom. The van der Waals surface area contributed by atoms with Crippen molar-refractivity contribution < 1.29 is 9.00 Å². The van der Waals surface area contributed by atoms with Gasteiger partial charge in [-0.05, 0) is 26.3 Å². The zero-order valence-corrected chi connectivity index (χ0v) is 9.52. The molecular formula is C9H18N2O2S. The molecule has 1 aliphatic rings.